The molecule has 0 aliphatic carbocycles. The van der Waals surface area contributed by atoms with E-state index >= 15 is 0 Å². The Hall–Kier alpha value is -0.302. The molecular weight excluding hydrogens is 431 g/mol. The number of rotatable bonds is 4. The molecule has 19 heavy (non-hydrogen) atoms. The van der Waals surface area contributed by atoms with Crippen LogP contribution in [0.2, 0.25) is 0 Å². The van der Waals surface area contributed by atoms with Gasteiger partial charge in [-0.1, -0.05) is 13.8 Å². The molecule has 2 unspecified atom stereocenters. The topological polar surface area (TPSA) is 56.5 Å². The van der Waals surface area contributed by atoms with Crippen LogP contribution in [-0.4, -0.2) is 26.4 Å². The molecule has 0 spiro atoms. The Morgan fingerprint density at radius 1 is 1.47 bits per heavy atom. The van der Waals surface area contributed by atoms with Crippen molar-refractivity contribution in [3.8, 4) is 5.75 Å². The average Bonchev–Trinajstić information content (AvgIpc) is 2.81. The molecule has 1 aromatic carbocycles. The number of nitrogen functional groups attached to an aromatic ring is 1. The minimum atomic E-state index is 0. The van der Waals surface area contributed by atoms with Crippen LogP contribution >= 0.6 is 8.81 Å². The van der Waals surface area contributed by atoms with Gasteiger partial charge in [-0.3, -0.25) is 0 Å². The maximum absolute atomic E-state index is 5.90. The number of hydrogen-bond acceptors (Lipinski definition) is 4. The summed E-state index contributed by atoms with van der Waals surface area (Å²) in [7, 11) is 2.38. The van der Waals surface area contributed by atoms with E-state index in [-0.39, 0.29) is 27.2 Å². The van der Waals surface area contributed by atoms with E-state index in [1.807, 2.05) is 39.7 Å². The first-order valence-corrected chi connectivity index (χ1v) is 7.71. The van der Waals surface area contributed by atoms with Gasteiger partial charge in [-0.2, -0.15) is 0 Å². The van der Waals surface area contributed by atoms with Crippen LogP contribution in [0.25, 0.3) is 0 Å². The summed E-state index contributed by atoms with van der Waals surface area (Å²) >= 11 is 0. The normalized spacial score (nSPS) is 16.1. The second-order valence-electron chi connectivity index (χ2n) is 3.72. The van der Waals surface area contributed by atoms with Crippen LogP contribution in [0.3, 0.4) is 0 Å². The van der Waals surface area contributed by atoms with Crippen molar-refractivity contribution in [2.24, 2.45) is 0 Å². The molecule has 0 fully saturated rings. The Morgan fingerprint density at radius 2 is 2.16 bits per heavy atom. The second kappa shape index (κ2) is 9.58. The summed E-state index contributed by atoms with van der Waals surface area (Å²) in [6.07, 6.45) is 0.984. The van der Waals surface area contributed by atoms with Crippen LogP contribution in [0.5, 0.6) is 5.75 Å². The molecule has 6 heteroatoms. The van der Waals surface area contributed by atoms with Gasteiger partial charge in [0.2, 0.25) is 0 Å². The Bertz CT molecular complexity index is 391. The fourth-order valence-corrected chi connectivity index (χ4v) is 2.33. The maximum atomic E-state index is 5.90. The van der Waals surface area contributed by atoms with Crippen molar-refractivity contribution in [3.05, 3.63) is 17.7 Å². The van der Waals surface area contributed by atoms with Crippen molar-refractivity contribution < 1.29 is 30.3 Å². The fraction of sp³-hybridized carbons (Fsp3) is 0.538. The molecule has 0 bridgehead atoms. The summed E-state index contributed by atoms with van der Waals surface area (Å²) < 4.78 is 11.2. The number of fused-ring (bicyclic) bond motifs is 1. The van der Waals surface area contributed by atoms with Gasteiger partial charge in [0.05, 0.1) is 18.0 Å². The Kier molecular flexibility index (Phi) is 9.43. The predicted molar refractivity (Wildman–Crippen MR) is 80.1 cm³/mol. The molecule has 0 saturated heterocycles. The third kappa shape index (κ3) is 4.63. The second-order valence-corrected chi connectivity index (χ2v) is 4.41. The van der Waals surface area contributed by atoms with Crippen molar-refractivity contribution in [3.63, 3.8) is 0 Å². The maximum Gasteiger partial charge on any atom is 0.127 e. The molecular formula is C13H23N2O2PW. The van der Waals surface area contributed by atoms with Crippen LogP contribution in [0.4, 0.5) is 11.4 Å². The van der Waals surface area contributed by atoms with Gasteiger partial charge in [0, 0.05) is 48.9 Å². The van der Waals surface area contributed by atoms with E-state index in [9.17, 15) is 0 Å². The molecule has 108 valence electrons. The Balaban J connectivity index is 0.00000103. The van der Waals surface area contributed by atoms with Gasteiger partial charge in [-0.05, 0) is 18.8 Å². The van der Waals surface area contributed by atoms with Gasteiger partial charge in [0.25, 0.3) is 0 Å². The summed E-state index contributed by atoms with van der Waals surface area (Å²) in [4.78, 5) is 0. The molecule has 0 radical (unpaired) electrons. The van der Waals surface area contributed by atoms with Gasteiger partial charge in [0.15, 0.2) is 0 Å². The molecule has 4 nitrogen and oxygen atoms in total. The molecule has 0 amide bonds. The van der Waals surface area contributed by atoms with Crippen molar-refractivity contribution in [2.45, 2.75) is 26.4 Å². The van der Waals surface area contributed by atoms with Crippen LogP contribution < -0.4 is 15.8 Å². The summed E-state index contributed by atoms with van der Waals surface area (Å²) in [5.41, 5.74) is 8.82. The summed E-state index contributed by atoms with van der Waals surface area (Å²) in [6, 6.07) is 3.80. The third-order valence-corrected chi connectivity index (χ3v) is 3.15. The molecule has 0 saturated carbocycles. The Labute approximate surface area is 131 Å². The van der Waals surface area contributed by atoms with Crippen molar-refractivity contribution in [1.82, 2.24) is 0 Å². The Morgan fingerprint density at radius 3 is 2.74 bits per heavy atom. The summed E-state index contributed by atoms with van der Waals surface area (Å²) in [5, 5.41) is 3.13. The molecule has 2 atom stereocenters. The van der Waals surface area contributed by atoms with Crippen molar-refractivity contribution in [1.29, 1.82) is 0 Å². The molecule has 0 aromatic heterocycles. The largest absolute Gasteiger partial charge is 0.487 e. The molecule has 1 aliphatic heterocycles. The summed E-state index contributed by atoms with van der Waals surface area (Å²) in [5.74, 6) is 0.923. The minimum Gasteiger partial charge on any atom is -0.487 e. The zero-order chi connectivity index (χ0) is 13.5. The predicted octanol–water partition coefficient (Wildman–Crippen LogP) is 2.88. The third-order valence-electron chi connectivity index (χ3n) is 2.69. The number of ether oxygens (including phenoxy) is 1. The van der Waals surface area contributed by atoms with E-state index in [1.54, 1.807) is 0 Å². The zero-order valence-electron chi connectivity index (χ0n) is 11.9. The molecule has 1 heterocycles. The van der Waals surface area contributed by atoms with Crippen molar-refractivity contribution >= 4 is 20.2 Å². The van der Waals surface area contributed by atoms with E-state index in [0.29, 0.717) is 15.4 Å². The smallest absolute Gasteiger partial charge is 0.127 e. The van der Waals surface area contributed by atoms with Gasteiger partial charge in [0.1, 0.15) is 11.9 Å². The quantitative estimate of drug-likeness (QED) is 0.543. The van der Waals surface area contributed by atoms with Crippen LogP contribution in [0.15, 0.2) is 12.1 Å². The van der Waals surface area contributed by atoms with E-state index < -0.39 is 0 Å². The number of nitrogens with two attached hydrogens (primary N) is 1. The number of nitrogens with one attached hydrogen (secondary N) is 1. The fourth-order valence-electron chi connectivity index (χ4n) is 1.97. The minimum absolute atomic E-state index is 0. The first-order chi connectivity index (χ1) is 8.76. The van der Waals surface area contributed by atoms with Gasteiger partial charge < -0.3 is 20.3 Å². The van der Waals surface area contributed by atoms with Gasteiger partial charge >= 0.3 is 0 Å². The zero-order valence-corrected chi connectivity index (χ0v) is 15.9. The van der Waals surface area contributed by atoms with Gasteiger partial charge in [-0.15, -0.1) is 0 Å². The van der Waals surface area contributed by atoms with Crippen molar-refractivity contribution in [2.75, 3.05) is 31.4 Å². The number of anilines is 2. The number of hydrogen-bond donors (Lipinski definition) is 2. The van der Waals surface area contributed by atoms with E-state index in [1.165, 1.54) is 0 Å². The summed E-state index contributed by atoms with van der Waals surface area (Å²) in [6.45, 7) is 6.66. The van der Waals surface area contributed by atoms with Crippen LogP contribution in [0, 0.1) is 0 Å². The van der Waals surface area contributed by atoms with E-state index in [2.05, 4.69) is 5.32 Å². The monoisotopic (exact) mass is 454 g/mol. The molecule has 2 rings (SSSR count). The first-order valence-electron chi connectivity index (χ1n) is 6.30. The van der Waals surface area contributed by atoms with E-state index in [4.69, 9.17) is 15.0 Å². The number of benzene rings is 1. The first kappa shape index (κ1) is 18.7. The van der Waals surface area contributed by atoms with Crippen LogP contribution in [0.1, 0.15) is 19.4 Å². The van der Waals surface area contributed by atoms with E-state index in [0.717, 1.165) is 29.1 Å². The van der Waals surface area contributed by atoms with Crippen LogP contribution in [-0.2, 0) is 32.0 Å². The SMILES string of the molecule is CC.CNc1c(N)ccc2c1CC(COPC)O2.[W]. The molecule has 1 aromatic rings. The molecule has 1 aliphatic rings. The average molecular weight is 454 g/mol. The van der Waals surface area contributed by atoms with Gasteiger partial charge in [-0.25, -0.2) is 0 Å². The molecule has 3 N–H and O–H groups in total. The standard InChI is InChI=1S/C11H17N2O2P.C2H6.W/c1-13-11-8-5-7(6-14-16-2)15-10(8)4-3-9(11)12;1-2;/h3-4,7,13,16H,5-6,12H2,1-2H3;1-2H3;.